The van der Waals surface area contributed by atoms with Gasteiger partial charge in [-0.3, -0.25) is 4.79 Å². The summed E-state index contributed by atoms with van der Waals surface area (Å²) in [4.78, 5) is 24.2. The summed E-state index contributed by atoms with van der Waals surface area (Å²) in [6.07, 6.45) is 3.94. The van der Waals surface area contributed by atoms with Gasteiger partial charge in [-0.1, -0.05) is 12.1 Å². The lowest BCUT2D eigenvalue weighted by Crippen LogP contribution is -2.31. The zero-order valence-corrected chi connectivity index (χ0v) is 14.2. The Morgan fingerprint density at radius 2 is 2.15 bits per heavy atom. The van der Waals surface area contributed by atoms with E-state index < -0.39 is 0 Å². The van der Waals surface area contributed by atoms with Crippen molar-refractivity contribution >= 4 is 34.2 Å². The first-order valence-corrected chi connectivity index (χ1v) is 8.56. The number of hydrogen-bond acceptors (Lipinski definition) is 6. The average molecular weight is 360 g/mol. The lowest BCUT2D eigenvalue weighted by atomic mass is 10.1. The fourth-order valence-corrected chi connectivity index (χ4v) is 3.44. The molecule has 1 aliphatic rings. The van der Waals surface area contributed by atoms with Crippen LogP contribution in [-0.2, 0) is 6.42 Å². The first-order valence-electron chi connectivity index (χ1n) is 8.56. The van der Waals surface area contributed by atoms with Crippen molar-refractivity contribution in [2.45, 2.75) is 6.42 Å². The number of amides is 1. The van der Waals surface area contributed by atoms with Gasteiger partial charge in [0.2, 0.25) is 5.95 Å². The van der Waals surface area contributed by atoms with E-state index in [1.807, 2.05) is 24.3 Å². The average Bonchev–Trinajstić information content (AvgIpc) is 3.28. The second-order valence-electron chi connectivity index (χ2n) is 6.30. The van der Waals surface area contributed by atoms with Crippen molar-refractivity contribution in [3.8, 4) is 11.4 Å². The number of nitrogen functional groups attached to an aromatic ring is 1. The van der Waals surface area contributed by atoms with Crippen LogP contribution in [0, 0.1) is 0 Å². The predicted molar refractivity (Wildman–Crippen MR) is 102 cm³/mol. The largest absolute Gasteiger partial charge is 0.462 e. The molecule has 5 rings (SSSR count). The zero-order chi connectivity index (χ0) is 18.4. The van der Waals surface area contributed by atoms with Crippen LogP contribution in [0.1, 0.15) is 16.1 Å². The maximum atomic E-state index is 12.6. The van der Waals surface area contributed by atoms with Gasteiger partial charge >= 0.3 is 0 Å². The molecule has 0 bridgehead atoms. The Balaban J connectivity index is 1.71. The van der Waals surface area contributed by atoms with Crippen molar-refractivity contribution < 1.29 is 9.21 Å². The van der Waals surface area contributed by atoms with Gasteiger partial charge in [-0.05, 0) is 18.2 Å². The van der Waals surface area contributed by atoms with Crippen LogP contribution < -0.4 is 16.4 Å². The molecule has 0 radical (unpaired) electrons. The molecule has 5 N–H and O–H groups in total. The minimum Gasteiger partial charge on any atom is -0.462 e. The normalized spacial score (nSPS) is 13.4. The Kier molecular flexibility index (Phi) is 3.36. The van der Waals surface area contributed by atoms with Crippen LogP contribution in [0.15, 0.2) is 47.2 Å². The van der Waals surface area contributed by atoms with E-state index in [1.54, 1.807) is 18.5 Å². The zero-order valence-electron chi connectivity index (χ0n) is 14.2. The highest BCUT2D eigenvalue weighted by molar-refractivity contribution is 6.07. The van der Waals surface area contributed by atoms with E-state index in [0.29, 0.717) is 35.6 Å². The summed E-state index contributed by atoms with van der Waals surface area (Å²) in [5.74, 6) is 0.0403. The molecule has 0 fully saturated rings. The molecule has 1 aliphatic heterocycles. The minimum atomic E-state index is -0.130. The van der Waals surface area contributed by atoms with Crippen LogP contribution in [-0.4, -0.2) is 27.4 Å². The van der Waals surface area contributed by atoms with Crippen molar-refractivity contribution in [3.63, 3.8) is 0 Å². The predicted octanol–water partition coefficient (Wildman–Crippen LogP) is 2.83. The third kappa shape index (κ3) is 2.50. The fraction of sp³-hybridized carbons (Fsp3) is 0.105. The maximum absolute atomic E-state index is 12.6. The molecule has 1 amide bonds. The van der Waals surface area contributed by atoms with Gasteiger partial charge in [0.05, 0.1) is 34.6 Å². The van der Waals surface area contributed by atoms with Gasteiger partial charge in [-0.2, -0.15) is 0 Å². The van der Waals surface area contributed by atoms with Gasteiger partial charge in [-0.15, -0.1) is 0 Å². The van der Waals surface area contributed by atoms with E-state index in [9.17, 15) is 4.79 Å². The lowest BCUT2D eigenvalue weighted by molar-refractivity contribution is 0.0947. The van der Waals surface area contributed by atoms with Gasteiger partial charge in [0.1, 0.15) is 0 Å². The molecule has 0 unspecified atom stereocenters. The number of nitrogens with one attached hydrogen (secondary N) is 3. The number of aromatic nitrogens is 3. The molecule has 0 spiro atoms. The van der Waals surface area contributed by atoms with Gasteiger partial charge in [0.15, 0.2) is 5.58 Å². The molecule has 0 saturated heterocycles. The van der Waals surface area contributed by atoms with E-state index in [1.165, 1.54) is 0 Å². The van der Waals surface area contributed by atoms with Crippen molar-refractivity contribution in [2.24, 2.45) is 0 Å². The molecule has 1 aromatic carbocycles. The molecule has 8 heteroatoms. The second-order valence-corrected chi connectivity index (χ2v) is 6.30. The highest BCUT2D eigenvalue weighted by Crippen LogP contribution is 2.37. The SMILES string of the molecule is Nc1nccc(-c2[nH]c3c(c2Nc2cccc4ccoc24)C(=O)NCC3)n1. The maximum Gasteiger partial charge on any atom is 0.255 e. The lowest BCUT2D eigenvalue weighted by Gasteiger charge is -2.15. The highest BCUT2D eigenvalue weighted by atomic mass is 16.3. The van der Waals surface area contributed by atoms with Crippen molar-refractivity contribution in [1.29, 1.82) is 0 Å². The smallest absolute Gasteiger partial charge is 0.255 e. The van der Waals surface area contributed by atoms with Crippen LogP contribution >= 0.6 is 0 Å². The summed E-state index contributed by atoms with van der Waals surface area (Å²) < 4.78 is 5.61. The van der Waals surface area contributed by atoms with Crippen molar-refractivity contribution in [3.05, 3.63) is 54.0 Å². The number of para-hydroxylation sites is 1. The molecule has 8 nitrogen and oxygen atoms in total. The summed E-state index contributed by atoms with van der Waals surface area (Å²) in [5, 5.41) is 7.24. The number of furan rings is 1. The summed E-state index contributed by atoms with van der Waals surface area (Å²) in [7, 11) is 0. The molecule has 3 aromatic heterocycles. The fourth-order valence-electron chi connectivity index (χ4n) is 3.44. The minimum absolute atomic E-state index is 0.130. The number of anilines is 3. The molecule has 0 aliphatic carbocycles. The third-order valence-electron chi connectivity index (χ3n) is 4.63. The monoisotopic (exact) mass is 360 g/mol. The first kappa shape index (κ1) is 15.4. The van der Waals surface area contributed by atoms with Gasteiger partial charge in [0, 0.05) is 30.2 Å². The number of nitrogens with zero attached hydrogens (tertiary/aromatic N) is 2. The Labute approximate surface area is 153 Å². The standard InChI is InChI=1S/C19H16N6O2/c20-19-22-8-5-12(25-19)15-16(14-11(23-15)4-7-21-18(14)26)24-13-3-1-2-10-6-9-27-17(10)13/h1-3,5-6,8-9,23-24H,4,7H2,(H,21,26)(H2,20,22,25). The van der Waals surface area contributed by atoms with E-state index in [4.69, 9.17) is 10.2 Å². The molecule has 4 aromatic rings. The summed E-state index contributed by atoms with van der Waals surface area (Å²) in [6, 6.07) is 9.46. The molecule has 27 heavy (non-hydrogen) atoms. The van der Waals surface area contributed by atoms with Gasteiger partial charge < -0.3 is 25.8 Å². The van der Waals surface area contributed by atoms with E-state index in [2.05, 4.69) is 25.6 Å². The number of carbonyl (C=O) groups excluding carboxylic acids is 1. The molecule has 4 heterocycles. The third-order valence-corrected chi connectivity index (χ3v) is 4.63. The van der Waals surface area contributed by atoms with Gasteiger partial charge in [-0.25, -0.2) is 9.97 Å². The summed E-state index contributed by atoms with van der Waals surface area (Å²) in [5.41, 5.74) is 10.6. The Morgan fingerprint density at radius 1 is 1.22 bits per heavy atom. The number of nitrogens with two attached hydrogens (primary N) is 1. The van der Waals surface area contributed by atoms with Crippen molar-refractivity contribution in [1.82, 2.24) is 20.3 Å². The van der Waals surface area contributed by atoms with Crippen LogP contribution in [0.4, 0.5) is 17.3 Å². The summed E-state index contributed by atoms with van der Waals surface area (Å²) >= 11 is 0. The molecular weight excluding hydrogens is 344 g/mol. The van der Waals surface area contributed by atoms with E-state index in [0.717, 1.165) is 22.4 Å². The number of benzene rings is 1. The first-order chi connectivity index (χ1) is 13.2. The number of aromatic amines is 1. The van der Waals surface area contributed by atoms with Crippen molar-refractivity contribution in [2.75, 3.05) is 17.6 Å². The number of H-pyrrole nitrogens is 1. The Bertz CT molecular complexity index is 1180. The Morgan fingerprint density at radius 3 is 3.04 bits per heavy atom. The number of hydrogen-bond donors (Lipinski definition) is 4. The number of carbonyl (C=O) groups is 1. The summed E-state index contributed by atoms with van der Waals surface area (Å²) in [6.45, 7) is 0.588. The van der Waals surface area contributed by atoms with Crippen LogP contribution in [0.5, 0.6) is 0 Å². The molecular formula is C19H16N6O2. The quantitative estimate of drug-likeness (QED) is 0.446. The Hall–Kier alpha value is -3.81. The van der Waals surface area contributed by atoms with Crippen LogP contribution in [0.2, 0.25) is 0 Å². The highest BCUT2D eigenvalue weighted by Gasteiger charge is 2.28. The molecule has 134 valence electrons. The van der Waals surface area contributed by atoms with Crippen LogP contribution in [0.3, 0.4) is 0 Å². The topological polar surface area (TPSA) is 122 Å². The second kappa shape index (κ2) is 5.87. The molecule has 0 saturated carbocycles. The number of fused-ring (bicyclic) bond motifs is 2. The van der Waals surface area contributed by atoms with Gasteiger partial charge in [0.25, 0.3) is 5.91 Å². The van der Waals surface area contributed by atoms with Crippen LogP contribution in [0.25, 0.3) is 22.4 Å². The number of rotatable bonds is 3. The van der Waals surface area contributed by atoms with E-state index >= 15 is 0 Å². The van der Waals surface area contributed by atoms with E-state index in [-0.39, 0.29) is 11.9 Å². The molecule has 0 atom stereocenters.